The van der Waals surface area contributed by atoms with E-state index >= 15 is 0 Å². The van der Waals surface area contributed by atoms with Crippen molar-refractivity contribution < 1.29 is 29.0 Å². The molecule has 4 aromatic heterocycles. The van der Waals surface area contributed by atoms with Gasteiger partial charge in [-0.3, -0.25) is 19.1 Å². The van der Waals surface area contributed by atoms with Gasteiger partial charge >= 0.3 is 0 Å². The highest BCUT2D eigenvalue weighted by Crippen LogP contribution is 2.39. The van der Waals surface area contributed by atoms with E-state index in [9.17, 15) is 4.79 Å². The Hall–Kier alpha value is -4.78. The maximum Gasteiger partial charge on any atom is 0.290 e. The molecule has 1 fully saturated rings. The Morgan fingerprint density at radius 2 is 1.85 bits per heavy atom. The van der Waals surface area contributed by atoms with Crippen LogP contribution in [-0.2, 0) is 14.4 Å². The summed E-state index contributed by atoms with van der Waals surface area (Å²) in [6.07, 6.45) is 7.48. The highest BCUT2D eigenvalue weighted by molar-refractivity contribution is 7.17. The third kappa shape index (κ3) is 5.72. The van der Waals surface area contributed by atoms with E-state index in [0.29, 0.717) is 11.4 Å². The van der Waals surface area contributed by atoms with E-state index in [1.807, 2.05) is 45.6 Å². The summed E-state index contributed by atoms with van der Waals surface area (Å²) in [6, 6.07) is 8.31. The van der Waals surface area contributed by atoms with E-state index < -0.39 is 0 Å². The van der Waals surface area contributed by atoms with Crippen molar-refractivity contribution in [2.75, 3.05) is 18.8 Å². The zero-order valence-electron chi connectivity index (χ0n) is 20.9. The number of hydrogen-bond donors (Lipinski definition) is 3. The van der Waals surface area contributed by atoms with Crippen LogP contribution in [0.5, 0.6) is 0 Å². The molecule has 0 unspecified atom stereocenters. The number of nitrogens with zero attached hydrogens (tertiary/aromatic N) is 5. The van der Waals surface area contributed by atoms with Crippen LogP contribution in [0.1, 0.15) is 25.8 Å². The molecule has 0 spiro atoms. The van der Waals surface area contributed by atoms with Crippen LogP contribution in [0.4, 0.5) is 5.82 Å². The van der Waals surface area contributed by atoms with Gasteiger partial charge in [0.1, 0.15) is 5.76 Å². The van der Waals surface area contributed by atoms with Crippen LogP contribution < -0.4 is 5.73 Å². The Labute approximate surface area is 226 Å². The maximum atomic E-state index is 11.6. The molecule has 13 heteroatoms. The molecule has 1 saturated heterocycles. The lowest BCUT2D eigenvalue weighted by molar-refractivity contribution is -0.130. The molecule has 4 N–H and O–H groups in total. The number of carboxylic acid groups (broad SMARTS) is 2. The average molecular weight is 551 g/mol. The lowest BCUT2D eigenvalue weighted by Gasteiger charge is -2.31. The molecule has 6 rings (SSSR count). The van der Waals surface area contributed by atoms with Gasteiger partial charge in [0, 0.05) is 54.5 Å². The van der Waals surface area contributed by atoms with Gasteiger partial charge in [-0.05, 0) is 31.0 Å². The number of hydrogen-bond acceptors (Lipinski definition) is 9. The number of aromatic nitrogens is 4. The molecule has 0 radical (unpaired) electrons. The average Bonchev–Trinajstić information content (AvgIpc) is 3.70. The lowest BCUT2D eigenvalue weighted by Crippen LogP contribution is -2.37. The topological polar surface area (TPSA) is 178 Å². The van der Waals surface area contributed by atoms with Gasteiger partial charge in [0.2, 0.25) is 5.91 Å². The number of fused-ring (bicyclic) bond motifs is 2. The number of thiazole rings is 1. The Bertz CT molecular complexity index is 1600. The first-order valence-corrected chi connectivity index (χ1v) is 12.8. The summed E-state index contributed by atoms with van der Waals surface area (Å²) >= 11 is 1.59. The van der Waals surface area contributed by atoms with Gasteiger partial charge in [-0.25, -0.2) is 9.97 Å². The van der Waals surface area contributed by atoms with Crippen molar-refractivity contribution >= 4 is 57.2 Å². The van der Waals surface area contributed by atoms with Crippen molar-refractivity contribution in [2.45, 2.75) is 25.8 Å². The third-order valence-electron chi connectivity index (χ3n) is 6.41. The number of likely N-dealkylation sites (tertiary alicyclic amines) is 1. The van der Waals surface area contributed by atoms with Gasteiger partial charge in [0.25, 0.3) is 12.9 Å². The van der Waals surface area contributed by atoms with Crippen LogP contribution in [0.2, 0.25) is 0 Å². The molecular formula is C26H26N6O6S. The minimum atomic E-state index is -0.250. The summed E-state index contributed by atoms with van der Waals surface area (Å²) in [5, 5.41) is 19.3. The highest BCUT2D eigenvalue weighted by atomic mass is 32.1. The predicted octanol–water partition coefficient (Wildman–Crippen LogP) is 4.14. The molecule has 5 heterocycles. The number of nitrogens with two attached hydrogens (primary N) is 1. The number of nitrogen functional groups attached to an aromatic ring is 1. The SMILES string of the molecule is CC(=O)N1CCC(n2cc(-c3cnc(N)c4oc(-c5cccc6ncsc56)cc34)cn2)CC1.O=CO.O=CO. The molecule has 1 aliphatic rings. The van der Waals surface area contributed by atoms with Gasteiger partial charge in [0.05, 0.1) is 28.0 Å². The fourth-order valence-electron chi connectivity index (χ4n) is 4.61. The molecule has 0 saturated carbocycles. The van der Waals surface area contributed by atoms with Crippen molar-refractivity contribution in [3.8, 4) is 22.5 Å². The summed E-state index contributed by atoms with van der Waals surface area (Å²) in [5.41, 5.74) is 12.4. The summed E-state index contributed by atoms with van der Waals surface area (Å²) in [6.45, 7) is 2.65. The van der Waals surface area contributed by atoms with Crippen LogP contribution in [-0.4, -0.2) is 66.8 Å². The van der Waals surface area contributed by atoms with E-state index in [1.165, 1.54) is 0 Å². The van der Waals surface area contributed by atoms with E-state index in [0.717, 1.165) is 64.0 Å². The summed E-state index contributed by atoms with van der Waals surface area (Å²) < 4.78 is 9.29. The standard InChI is InChI=1S/C24H22N6O2S.2CH2O2/c1-14(31)29-7-5-16(6-8-29)30-12-15(10-28-30)19-11-26-24(25)22-18(19)9-21(32-22)17-3-2-4-20-23(17)33-13-27-20;2*2-1-3/h2-4,9-13,16H,5-8H2,1H3,(H2,25,26);2*1H,(H,2,3). The van der Waals surface area contributed by atoms with Crippen LogP contribution in [0, 0.1) is 0 Å². The van der Waals surface area contributed by atoms with Crippen LogP contribution >= 0.6 is 11.3 Å². The molecule has 5 aromatic rings. The number of carbonyl (C=O) groups is 3. The van der Waals surface area contributed by atoms with Crippen molar-refractivity contribution in [3.05, 3.63) is 48.4 Å². The molecule has 202 valence electrons. The largest absolute Gasteiger partial charge is 0.483 e. The molecule has 1 amide bonds. The molecule has 0 aliphatic carbocycles. The first-order valence-electron chi connectivity index (χ1n) is 11.9. The van der Waals surface area contributed by atoms with Crippen LogP contribution in [0.15, 0.2) is 52.8 Å². The predicted molar refractivity (Wildman–Crippen MR) is 146 cm³/mol. The number of pyridine rings is 1. The quantitative estimate of drug-likeness (QED) is 0.277. The van der Waals surface area contributed by atoms with Crippen LogP contribution in [0.25, 0.3) is 43.6 Å². The van der Waals surface area contributed by atoms with Crippen molar-refractivity contribution in [2.24, 2.45) is 0 Å². The molecule has 1 aliphatic heterocycles. The molecule has 1 aromatic carbocycles. The second-order valence-corrected chi connectivity index (χ2v) is 9.43. The number of amides is 1. The Morgan fingerprint density at radius 3 is 2.54 bits per heavy atom. The van der Waals surface area contributed by atoms with Crippen molar-refractivity contribution in [1.29, 1.82) is 0 Å². The zero-order chi connectivity index (χ0) is 27.9. The Morgan fingerprint density at radius 1 is 1.13 bits per heavy atom. The second kappa shape index (κ2) is 12.2. The first kappa shape index (κ1) is 27.3. The molecule has 0 bridgehead atoms. The minimum Gasteiger partial charge on any atom is -0.483 e. The van der Waals surface area contributed by atoms with Gasteiger partial charge < -0.3 is 25.3 Å². The molecule has 12 nitrogen and oxygen atoms in total. The highest BCUT2D eigenvalue weighted by Gasteiger charge is 2.23. The Balaban J connectivity index is 0.000000541. The van der Waals surface area contributed by atoms with Gasteiger partial charge in [0.15, 0.2) is 11.4 Å². The van der Waals surface area contributed by atoms with E-state index in [2.05, 4.69) is 21.3 Å². The van der Waals surface area contributed by atoms with Gasteiger partial charge in [-0.2, -0.15) is 5.10 Å². The lowest BCUT2D eigenvalue weighted by atomic mass is 10.0. The number of anilines is 1. The first-order chi connectivity index (χ1) is 18.9. The number of benzene rings is 1. The molecule has 0 atom stereocenters. The normalized spacial score (nSPS) is 13.3. The fraction of sp³-hybridized carbons (Fsp3) is 0.231. The van der Waals surface area contributed by atoms with Crippen molar-refractivity contribution in [3.63, 3.8) is 0 Å². The Kier molecular flexibility index (Phi) is 8.51. The number of piperidine rings is 1. The molecular weight excluding hydrogens is 524 g/mol. The monoisotopic (exact) mass is 550 g/mol. The minimum absolute atomic E-state index is 0.134. The van der Waals surface area contributed by atoms with E-state index in [-0.39, 0.29) is 24.9 Å². The van der Waals surface area contributed by atoms with Crippen molar-refractivity contribution in [1.82, 2.24) is 24.6 Å². The van der Waals surface area contributed by atoms with Crippen LogP contribution in [0.3, 0.4) is 0 Å². The van der Waals surface area contributed by atoms with E-state index in [4.69, 9.17) is 30.0 Å². The van der Waals surface area contributed by atoms with Gasteiger partial charge in [-0.15, -0.1) is 11.3 Å². The number of carbonyl (C=O) groups excluding carboxylic acids is 1. The zero-order valence-corrected chi connectivity index (χ0v) is 21.7. The van der Waals surface area contributed by atoms with Gasteiger partial charge in [-0.1, -0.05) is 6.07 Å². The fourth-order valence-corrected chi connectivity index (χ4v) is 5.42. The maximum absolute atomic E-state index is 11.6. The summed E-state index contributed by atoms with van der Waals surface area (Å²) in [7, 11) is 0. The third-order valence-corrected chi connectivity index (χ3v) is 7.28. The number of rotatable bonds is 3. The summed E-state index contributed by atoms with van der Waals surface area (Å²) in [5.74, 6) is 1.24. The second-order valence-electron chi connectivity index (χ2n) is 8.57. The number of furan rings is 1. The smallest absolute Gasteiger partial charge is 0.290 e. The molecule has 39 heavy (non-hydrogen) atoms. The van der Waals surface area contributed by atoms with E-state index in [1.54, 1.807) is 24.5 Å². The summed E-state index contributed by atoms with van der Waals surface area (Å²) in [4.78, 5) is 39.0.